The van der Waals surface area contributed by atoms with E-state index in [-0.39, 0.29) is 30.8 Å². The number of piperazine rings is 1. The third-order valence-corrected chi connectivity index (χ3v) is 5.04. The van der Waals surface area contributed by atoms with Crippen LogP contribution < -0.4 is 4.90 Å². The van der Waals surface area contributed by atoms with Gasteiger partial charge < -0.3 is 9.80 Å². The lowest BCUT2D eigenvalue weighted by molar-refractivity contribution is -0.138. The number of anilines is 1. The number of hydrogen-bond donors (Lipinski definition) is 0. The molecule has 1 saturated heterocycles. The molecule has 0 saturated carbocycles. The van der Waals surface area contributed by atoms with Crippen LogP contribution in [-0.4, -0.2) is 40.8 Å². The smallest absolute Gasteiger partial charge is 0.246 e. The van der Waals surface area contributed by atoms with Crippen LogP contribution in [0.1, 0.15) is 23.2 Å². The van der Waals surface area contributed by atoms with Crippen LogP contribution in [0.25, 0.3) is 0 Å². The number of aryl methyl sites for hydroxylation is 1. The minimum Gasteiger partial charge on any atom is -0.329 e. The average Bonchev–Trinajstić information content (AvgIpc) is 3.01. The van der Waals surface area contributed by atoms with E-state index in [1.807, 2.05) is 19.2 Å². The summed E-state index contributed by atoms with van der Waals surface area (Å²) in [5.41, 5.74) is 1.80. The number of aromatic nitrogens is 1. The van der Waals surface area contributed by atoms with Crippen LogP contribution in [0.4, 0.5) is 5.69 Å². The third-order valence-electron chi connectivity index (χ3n) is 4.22. The van der Waals surface area contributed by atoms with Crippen molar-refractivity contribution in [3.63, 3.8) is 0 Å². The zero-order valence-electron chi connectivity index (χ0n) is 14.1. The second kappa shape index (κ2) is 7.03. The summed E-state index contributed by atoms with van der Waals surface area (Å²) < 4.78 is 0. The minimum atomic E-state index is -0.177. The maximum Gasteiger partial charge on any atom is 0.246 e. The molecule has 2 aromatic rings. The van der Waals surface area contributed by atoms with Crippen molar-refractivity contribution < 1.29 is 9.59 Å². The SMILES string of the molecule is Cc1nc(CC(=O)N2CC(=O)N(c3ccccc3C#N)CC2C)cs1. The van der Waals surface area contributed by atoms with Crippen LogP contribution in [0.15, 0.2) is 29.6 Å². The highest BCUT2D eigenvalue weighted by Gasteiger charge is 2.34. The van der Waals surface area contributed by atoms with Crippen LogP contribution >= 0.6 is 11.3 Å². The Balaban J connectivity index is 1.75. The second-order valence-corrected chi connectivity index (χ2v) is 7.10. The largest absolute Gasteiger partial charge is 0.329 e. The molecule has 2 heterocycles. The summed E-state index contributed by atoms with van der Waals surface area (Å²) in [7, 11) is 0. The lowest BCUT2D eigenvalue weighted by Crippen LogP contribution is -2.57. The standard InChI is InChI=1S/C18H18N4O2S/c1-12-9-22(16-6-4-3-5-14(16)8-19)18(24)10-21(12)17(23)7-15-11-25-13(2)20-15/h3-6,11-12H,7,9-10H2,1-2H3. The molecule has 7 heteroatoms. The average molecular weight is 354 g/mol. The molecule has 25 heavy (non-hydrogen) atoms. The zero-order valence-corrected chi connectivity index (χ0v) is 14.9. The first-order valence-corrected chi connectivity index (χ1v) is 8.87. The summed E-state index contributed by atoms with van der Waals surface area (Å²) in [6.07, 6.45) is 0.205. The predicted molar refractivity (Wildman–Crippen MR) is 95.2 cm³/mol. The van der Waals surface area contributed by atoms with Crippen LogP contribution in [-0.2, 0) is 16.0 Å². The Kier molecular flexibility index (Phi) is 4.81. The van der Waals surface area contributed by atoms with Crippen LogP contribution in [0.2, 0.25) is 0 Å². The monoisotopic (exact) mass is 354 g/mol. The normalized spacial score (nSPS) is 17.5. The number of hydrogen-bond acceptors (Lipinski definition) is 5. The molecule has 1 aromatic heterocycles. The van der Waals surface area contributed by atoms with E-state index in [4.69, 9.17) is 0 Å². The summed E-state index contributed by atoms with van der Waals surface area (Å²) in [5.74, 6) is -0.275. The van der Waals surface area contributed by atoms with Gasteiger partial charge in [-0.2, -0.15) is 5.26 Å². The van der Waals surface area contributed by atoms with Gasteiger partial charge in [0.05, 0.1) is 28.4 Å². The van der Waals surface area contributed by atoms with Crippen molar-refractivity contribution in [2.24, 2.45) is 0 Å². The van der Waals surface area contributed by atoms with Crippen molar-refractivity contribution >= 4 is 28.8 Å². The van der Waals surface area contributed by atoms with Gasteiger partial charge in [-0.05, 0) is 26.0 Å². The fourth-order valence-corrected chi connectivity index (χ4v) is 3.58. The van der Waals surface area contributed by atoms with Gasteiger partial charge in [0.2, 0.25) is 11.8 Å². The summed E-state index contributed by atoms with van der Waals surface area (Å²) in [4.78, 5) is 32.7. The van der Waals surface area contributed by atoms with Gasteiger partial charge in [-0.1, -0.05) is 12.1 Å². The number of thiazole rings is 1. The molecule has 1 aromatic carbocycles. The highest BCUT2D eigenvalue weighted by atomic mass is 32.1. The number of amides is 2. The number of nitrogens with zero attached hydrogens (tertiary/aromatic N) is 4. The molecule has 0 bridgehead atoms. The third kappa shape index (κ3) is 3.54. The molecular formula is C18H18N4O2S. The molecular weight excluding hydrogens is 336 g/mol. The number of carbonyl (C=O) groups is 2. The Hall–Kier alpha value is -2.72. The molecule has 6 nitrogen and oxygen atoms in total. The highest BCUT2D eigenvalue weighted by Crippen LogP contribution is 2.24. The van der Waals surface area contributed by atoms with E-state index in [9.17, 15) is 14.9 Å². The molecule has 3 rings (SSSR count). The number of benzene rings is 1. The Morgan fingerprint density at radius 3 is 2.88 bits per heavy atom. The van der Waals surface area contributed by atoms with Gasteiger partial charge in [-0.15, -0.1) is 11.3 Å². The Labute approximate surface area is 150 Å². The van der Waals surface area contributed by atoms with Crippen LogP contribution in [0.5, 0.6) is 0 Å². The van der Waals surface area contributed by atoms with Gasteiger partial charge in [-0.25, -0.2) is 4.98 Å². The first kappa shape index (κ1) is 17.1. The Morgan fingerprint density at radius 1 is 1.44 bits per heavy atom. The molecule has 1 atom stereocenters. The Bertz CT molecular complexity index is 855. The molecule has 1 fully saturated rings. The lowest BCUT2D eigenvalue weighted by Gasteiger charge is -2.39. The molecule has 0 N–H and O–H groups in total. The maximum atomic E-state index is 12.6. The molecule has 1 aliphatic rings. The molecule has 0 radical (unpaired) electrons. The van der Waals surface area contributed by atoms with Gasteiger partial charge >= 0.3 is 0 Å². The molecule has 128 valence electrons. The number of para-hydroxylation sites is 1. The van der Waals surface area contributed by atoms with E-state index in [0.717, 1.165) is 10.7 Å². The van der Waals surface area contributed by atoms with Crippen molar-refractivity contribution in [3.8, 4) is 6.07 Å². The van der Waals surface area contributed by atoms with Gasteiger partial charge in [0.15, 0.2) is 0 Å². The van der Waals surface area contributed by atoms with Crippen molar-refractivity contribution in [2.75, 3.05) is 18.0 Å². The zero-order chi connectivity index (χ0) is 18.0. The van der Waals surface area contributed by atoms with Crippen LogP contribution in [0.3, 0.4) is 0 Å². The van der Waals surface area contributed by atoms with Gasteiger partial charge in [0.25, 0.3) is 0 Å². The molecule has 1 aliphatic heterocycles. The first-order chi connectivity index (χ1) is 12.0. The topological polar surface area (TPSA) is 77.3 Å². The number of carbonyl (C=O) groups excluding carboxylic acids is 2. The second-order valence-electron chi connectivity index (χ2n) is 6.04. The van der Waals surface area contributed by atoms with Gasteiger partial charge in [0.1, 0.15) is 12.6 Å². The number of rotatable bonds is 3. The molecule has 1 unspecified atom stereocenters. The minimum absolute atomic E-state index is 0.0167. The summed E-state index contributed by atoms with van der Waals surface area (Å²) >= 11 is 1.51. The maximum absolute atomic E-state index is 12.6. The van der Waals surface area contributed by atoms with Crippen LogP contribution in [0, 0.1) is 18.3 Å². The molecule has 0 aliphatic carbocycles. The molecule has 0 spiro atoms. The van der Waals surface area contributed by atoms with E-state index >= 15 is 0 Å². The fraction of sp³-hybridized carbons (Fsp3) is 0.333. The fourth-order valence-electron chi connectivity index (χ4n) is 2.97. The highest BCUT2D eigenvalue weighted by molar-refractivity contribution is 7.09. The predicted octanol–water partition coefficient (Wildman–Crippen LogP) is 2.13. The summed E-state index contributed by atoms with van der Waals surface area (Å²) in [5, 5.41) is 12.0. The van der Waals surface area contributed by atoms with Crippen molar-refractivity contribution in [3.05, 3.63) is 45.9 Å². The summed E-state index contributed by atoms with van der Waals surface area (Å²) in [6, 6.07) is 9.01. The van der Waals surface area contributed by atoms with Crippen molar-refractivity contribution in [1.29, 1.82) is 5.26 Å². The Morgan fingerprint density at radius 2 is 2.20 bits per heavy atom. The number of nitriles is 1. The van der Waals surface area contributed by atoms with Gasteiger partial charge in [0, 0.05) is 18.0 Å². The lowest BCUT2D eigenvalue weighted by atomic mass is 10.1. The van der Waals surface area contributed by atoms with E-state index in [2.05, 4.69) is 11.1 Å². The van der Waals surface area contributed by atoms with Crippen molar-refractivity contribution in [2.45, 2.75) is 26.3 Å². The first-order valence-electron chi connectivity index (χ1n) is 7.99. The van der Waals surface area contributed by atoms with Crippen molar-refractivity contribution in [1.82, 2.24) is 9.88 Å². The molecule has 2 amide bonds. The van der Waals surface area contributed by atoms with E-state index in [0.29, 0.717) is 17.8 Å². The van der Waals surface area contributed by atoms with E-state index in [1.165, 1.54) is 11.3 Å². The van der Waals surface area contributed by atoms with E-state index < -0.39 is 0 Å². The van der Waals surface area contributed by atoms with Gasteiger partial charge in [-0.3, -0.25) is 9.59 Å². The summed E-state index contributed by atoms with van der Waals surface area (Å²) in [6.45, 7) is 4.21. The van der Waals surface area contributed by atoms with E-state index in [1.54, 1.807) is 34.1 Å². The quantitative estimate of drug-likeness (QED) is 0.846.